The molecule has 0 radical (unpaired) electrons. The number of nitrogens with two attached hydrogens (primary N) is 1. The third kappa shape index (κ3) is 3.48. The average Bonchev–Trinajstić information content (AvgIpc) is 2.26. The van der Waals surface area contributed by atoms with Crippen LogP contribution in [0.1, 0.15) is 32.1 Å². The van der Waals surface area contributed by atoms with E-state index in [-0.39, 0.29) is 0 Å². The Morgan fingerprint density at radius 3 is 2.71 bits per heavy atom. The molecule has 0 unspecified atom stereocenters. The highest BCUT2D eigenvalue weighted by atomic mass is 35.5. The number of anilines is 2. The predicted molar refractivity (Wildman–Crippen MR) is 70.2 cm³/mol. The van der Waals surface area contributed by atoms with Crippen LogP contribution >= 0.6 is 11.6 Å². The number of pyridine rings is 1. The monoisotopic (exact) mass is 255 g/mol. The number of hydrogen-bond donors (Lipinski definition) is 3. The smallest absolute Gasteiger partial charge is 0.133 e. The molecule has 0 spiro atoms. The molecule has 1 aliphatic carbocycles. The molecule has 4 nitrogen and oxygen atoms in total. The van der Waals surface area contributed by atoms with Crippen molar-refractivity contribution in [3.63, 3.8) is 0 Å². The van der Waals surface area contributed by atoms with Crippen LogP contribution in [0.15, 0.2) is 12.1 Å². The van der Waals surface area contributed by atoms with Gasteiger partial charge in [0.1, 0.15) is 11.0 Å². The van der Waals surface area contributed by atoms with Gasteiger partial charge in [0.2, 0.25) is 0 Å². The van der Waals surface area contributed by atoms with E-state index < -0.39 is 5.60 Å². The molecule has 1 aliphatic rings. The van der Waals surface area contributed by atoms with E-state index in [0.717, 1.165) is 25.7 Å². The van der Waals surface area contributed by atoms with E-state index in [4.69, 9.17) is 17.3 Å². The first-order valence-corrected chi connectivity index (χ1v) is 6.35. The Morgan fingerprint density at radius 1 is 1.35 bits per heavy atom. The molecular formula is C12H18ClN3O. The zero-order valence-corrected chi connectivity index (χ0v) is 10.5. The van der Waals surface area contributed by atoms with Crippen LogP contribution < -0.4 is 11.1 Å². The largest absolute Gasteiger partial charge is 0.399 e. The summed E-state index contributed by atoms with van der Waals surface area (Å²) in [5, 5.41) is 13.8. The molecule has 5 heteroatoms. The maximum atomic E-state index is 10.3. The van der Waals surface area contributed by atoms with Crippen molar-refractivity contribution in [3.05, 3.63) is 17.3 Å². The van der Waals surface area contributed by atoms with Gasteiger partial charge in [-0.3, -0.25) is 0 Å². The number of rotatable bonds is 3. The van der Waals surface area contributed by atoms with Crippen LogP contribution in [-0.2, 0) is 0 Å². The third-order valence-electron chi connectivity index (χ3n) is 3.20. The van der Waals surface area contributed by atoms with Crippen LogP contribution in [0.5, 0.6) is 0 Å². The first-order chi connectivity index (χ1) is 8.07. The van der Waals surface area contributed by atoms with Crippen molar-refractivity contribution in [1.82, 2.24) is 4.98 Å². The summed E-state index contributed by atoms with van der Waals surface area (Å²) < 4.78 is 0. The number of aromatic nitrogens is 1. The Kier molecular flexibility index (Phi) is 3.74. The minimum atomic E-state index is -0.614. The Hall–Kier alpha value is -1.00. The van der Waals surface area contributed by atoms with Gasteiger partial charge in [0.15, 0.2) is 0 Å². The second-order valence-electron chi connectivity index (χ2n) is 4.75. The van der Waals surface area contributed by atoms with Gasteiger partial charge >= 0.3 is 0 Å². The Morgan fingerprint density at radius 2 is 2.06 bits per heavy atom. The molecule has 1 aromatic heterocycles. The first kappa shape index (κ1) is 12.5. The molecule has 0 bridgehead atoms. The van der Waals surface area contributed by atoms with E-state index in [1.165, 1.54) is 6.42 Å². The lowest BCUT2D eigenvalue weighted by molar-refractivity contribution is 0.0166. The van der Waals surface area contributed by atoms with Gasteiger partial charge < -0.3 is 16.2 Å². The molecule has 94 valence electrons. The molecule has 0 saturated heterocycles. The van der Waals surface area contributed by atoms with E-state index in [2.05, 4.69) is 10.3 Å². The van der Waals surface area contributed by atoms with E-state index in [0.29, 0.717) is 23.2 Å². The molecule has 1 fully saturated rings. The van der Waals surface area contributed by atoms with E-state index in [1.54, 1.807) is 12.1 Å². The summed E-state index contributed by atoms with van der Waals surface area (Å²) in [7, 11) is 0. The summed E-state index contributed by atoms with van der Waals surface area (Å²) in [5.41, 5.74) is 5.63. The van der Waals surface area contributed by atoms with Crippen LogP contribution in [0.4, 0.5) is 11.5 Å². The summed E-state index contributed by atoms with van der Waals surface area (Å²) in [6.07, 6.45) is 5.07. The summed E-state index contributed by atoms with van der Waals surface area (Å²) in [6.45, 7) is 0.500. The van der Waals surface area contributed by atoms with Crippen LogP contribution in [-0.4, -0.2) is 22.2 Å². The highest BCUT2D eigenvalue weighted by Gasteiger charge is 2.28. The maximum absolute atomic E-state index is 10.3. The average molecular weight is 256 g/mol. The highest BCUT2D eigenvalue weighted by molar-refractivity contribution is 6.29. The number of nitrogens with zero attached hydrogens (tertiary/aromatic N) is 1. The van der Waals surface area contributed by atoms with Crippen molar-refractivity contribution in [2.45, 2.75) is 37.7 Å². The van der Waals surface area contributed by atoms with Gasteiger partial charge in [0.05, 0.1) is 5.60 Å². The molecule has 0 aliphatic heterocycles. The molecule has 4 N–H and O–H groups in total. The van der Waals surface area contributed by atoms with Crippen LogP contribution in [0, 0.1) is 0 Å². The summed E-state index contributed by atoms with van der Waals surface area (Å²) in [4.78, 5) is 4.11. The first-order valence-electron chi connectivity index (χ1n) is 5.97. The van der Waals surface area contributed by atoms with E-state index >= 15 is 0 Å². The second kappa shape index (κ2) is 5.10. The minimum Gasteiger partial charge on any atom is -0.399 e. The van der Waals surface area contributed by atoms with Gasteiger partial charge in [0, 0.05) is 18.3 Å². The lowest BCUT2D eigenvalue weighted by Gasteiger charge is -2.32. The zero-order valence-electron chi connectivity index (χ0n) is 9.75. The highest BCUT2D eigenvalue weighted by Crippen LogP contribution is 2.28. The molecule has 17 heavy (non-hydrogen) atoms. The van der Waals surface area contributed by atoms with Gasteiger partial charge in [-0.2, -0.15) is 0 Å². The Bertz CT molecular complexity index is 371. The van der Waals surface area contributed by atoms with Crippen LogP contribution in [0.2, 0.25) is 5.15 Å². The standard InChI is InChI=1S/C12H18ClN3O/c13-10-6-9(14)7-11(16-10)15-8-12(17)4-2-1-3-5-12/h6-7,17H,1-5,8H2,(H3,14,15,16). The number of nitrogens with one attached hydrogen (secondary N) is 1. The van der Waals surface area contributed by atoms with E-state index in [1.807, 2.05) is 0 Å². The fraction of sp³-hybridized carbons (Fsp3) is 0.583. The Labute approximate surface area is 106 Å². The zero-order chi connectivity index (χ0) is 12.3. The van der Waals surface area contributed by atoms with Crippen molar-refractivity contribution in [3.8, 4) is 0 Å². The molecule has 1 heterocycles. The van der Waals surface area contributed by atoms with E-state index in [9.17, 15) is 5.11 Å². The lowest BCUT2D eigenvalue weighted by Crippen LogP contribution is -2.38. The number of halogens is 1. The minimum absolute atomic E-state index is 0.364. The van der Waals surface area contributed by atoms with Gasteiger partial charge in [-0.15, -0.1) is 0 Å². The molecule has 0 amide bonds. The van der Waals surface area contributed by atoms with Gasteiger partial charge in [-0.25, -0.2) is 4.98 Å². The Balaban J connectivity index is 1.96. The molecule has 0 aromatic carbocycles. The van der Waals surface area contributed by atoms with Crippen molar-refractivity contribution < 1.29 is 5.11 Å². The molecule has 1 aromatic rings. The van der Waals surface area contributed by atoms with Gasteiger partial charge in [0.25, 0.3) is 0 Å². The molecular weight excluding hydrogens is 238 g/mol. The number of hydrogen-bond acceptors (Lipinski definition) is 4. The number of nitrogen functional groups attached to an aromatic ring is 1. The quantitative estimate of drug-likeness (QED) is 0.726. The fourth-order valence-electron chi connectivity index (χ4n) is 2.25. The molecule has 2 rings (SSSR count). The van der Waals surface area contributed by atoms with Crippen LogP contribution in [0.3, 0.4) is 0 Å². The van der Waals surface area contributed by atoms with Crippen molar-refractivity contribution in [1.29, 1.82) is 0 Å². The lowest BCUT2D eigenvalue weighted by atomic mass is 9.85. The van der Waals surface area contributed by atoms with Gasteiger partial charge in [-0.05, 0) is 18.9 Å². The predicted octanol–water partition coefficient (Wildman–Crippen LogP) is 2.42. The molecule has 0 atom stereocenters. The third-order valence-corrected chi connectivity index (χ3v) is 3.39. The van der Waals surface area contributed by atoms with Crippen molar-refractivity contribution in [2.75, 3.05) is 17.6 Å². The fourth-order valence-corrected chi connectivity index (χ4v) is 2.47. The van der Waals surface area contributed by atoms with Crippen molar-refractivity contribution >= 4 is 23.1 Å². The van der Waals surface area contributed by atoms with Gasteiger partial charge in [-0.1, -0.05) is 30.9 Å². The van der Waals surface area contributed by atoms with Crippen LogP contribution in [0.25, 0.3) is 0 Å². The summed E-state index contributed by atoms with van der Waals surface area (Å²) in [5.74, 6) is 0.619. The summed E-state index contributed by atoms with van der Waals surface area (Å²) >= 11 is 5.81. The normalized spacial score (nSPS) is 18.9. The molecule has 1 saturated carbocycles. The SMILES string of the molecule is Nc1cc(Cl)nc(NCC2(O)CCCCC2)c1. The maximum Gasteiger partial charge on any atom is 0.133 e. The summed E-state index contributed by atoms with van der Waals surface area (Å²) in [6, 6.07) is 3.32. The second-order valence-corrected chi connectivity index (χ2v) is 5.13. The van der Waals surface area contributed by atoms with Crippen molar-refractivity contribution in [2.24, 2.45) is 0 Å². The number of aliphatic hydroxyl groups is 1. The topological polar surface area (TPSA) is 71.2 Å².